The minimum atomic E-state index is -0.240. The molecule has 0 amide bonds. The summed E-state index contributed by atoms with van der Waals surface area (Å²) in [6.45, 7) is 4.34. The van der Waals surface area contributed by atoms with Crippen LogP contribution in [-0.4, -0.2) is 9.55 Å². The van der Waals surface area contributed by atoms with E-state index in [1.54, 1.807) is 30.6 Å². The molecule has 94 valence electrons. The van der Waals surface area contributed by atoms with Crippen LogP contribution in [0.2, 0.25) is 0 Å². The first kappa shape index (κ1) is 12.2. The van der Waals surface area contributed by atoms with Gasteiger partial charge in [-0.3, -0.25) is 4.79 Å². The second kappa shape index (κ2) is 4.91. The van der Waals surface area contributed by atoms with E-state index in [1.807, 2.05) is 13.8 Å². The van der Waals surface area contributed by atoms with Gasteiger partial charge in [-0.15, -0.1) is 0 Å². The lowest BCUT2D eigenvalue weighted by molar-refractivity contribution is 0.442. The van der Waals surface area contributed by atoms with Crippen LogP contribution < -0.4 is 16.0 Å². The van der Waals surface area contributed by atoms with E-state index in [2.05, 4.69) is 4.98 Å². The number of aryl methyl sites for hydroxylation is 2. The summed E-state index contributed by atoms with van der Waals surface area (Å²) >= 11 is 0. The summed E-state index contributed by atoms with van der Waals surface area (Å²) in [4.78, 5) is 15.9. The van der Waals surface area contributed by atoms with Crippen molar-refractivity contribution in [3.05, 3.63) is 46.5 Å². The maximum atomic E-state index is 11.9. The zero-order valence-corrected chi connectivity index (χ0v) is 10.4. The van der Waals surface area contributed by atoms with Crippen LogP contribution in [0.15, 0.2) is 35.4 Å². The predicted octanol–water partition coefficient (Wildman–Crippen LogP) is 1.95. The van der Waals surface area contributed by atoms with Crippen molar-refractivity contribution >= 4 is 5.69 Å². The van der Waals surface area contributed by atoms with E-state index in [4.69, 9.17) is 10.5 Å². The lowest BCUT2D eigenvalue weighted by atomic mass is 10.2. The monoisotopic (exact) mass is 245 g/mol. The minimum absolute atomic E-state index is 0.0761. The molecule has 2 N–H and O–H groups in total. The van der Waals surface area contributed by atoms with Gasteiger partial charge >= 0.3 is 5.56 Å². The maximum Gasteiger partial charge on any atom is 0.313 e. The molecule has 18 heavy (non-hydrogen) atoms. The Bertz CT molecular complexity index is 620. The third-order valence-corrected chi connectivity index (χ3v) is 2.63. The molecule has 0 saturated carbocycles. The Balaban J connectivity index is 2.37. The Hall–Kier alpha value is -2.30. The molecule has 1 heterocycles. The summed E-state index contributed by atoms with van der Waals surface area (Å²) in [6, 6.07) is 5.25. The number of aromatic nitrogens is 2. The fraction of sp³-hybridized carbons (Fsp3) is 0.231. The molecule has 5 heteroatoms. The molecule has 0 spiro atoms. The van der Waals surface area contributed by atoms with Crippen LogP contribution in [0.5, 0.6) is 11.6 Å². The van der Waals surface area contributed by atoms with Crippen LogP contribution in [-0.2, 0) is 6.54 Å². The zero-order chi connectivity index (χ0) is 13.1. The Labute approximate surface area is 105 Å². The SMILES string of the molecule is CCn1ccnc(Oc2ccc(N)cc2C)c1=O. The molecule has 0 aliphatic carbocycles. The summed E-state index contributed by atoms with van der Waals surface area (Å²) in [5.41, 5.74) is 6.94. The largest absolute Gasteiger partial charge is 0.434 e. The van der Waals surface area contributed by atoms with Crippen LogP contribution >= 0.6 is 0 Å². The molecular formula is C13H15N3O2. The second-order valence-corrected chi connectivity index (χ2v) is 3.95. The number of hydrogen-bond acceptors (Lipinski definition) is 4. The molecule has 1 aromatic carbocycles. The van der Waals surface area contributed by atoms with Crippen LogP contribution in [0.3, 0.4) is 0 Å². The Morgan fingerprint density at radius 3 is 2.89 bits per heavy atom. The van der Waals surface area contributed by atoms with Crippen LogP contribution in [0.4, 0.5) is 5.69 Å². The van der Waals surface area contributed by atoms with Crippen molar-refractivity contribution in [2.24, 2.45) is 0 Å². The summed E-state index contributed by atoms with van der Waals surface area (Å²) in [7, 11) is 0. The van der Waals surface area contributed by atoms with E-state index in [0.29, 0.717) is 18.0 Å². The van der Waals surface area contributed by atoms with Crippen LogP contribution in [0.25, 0.3) is 0 Å². The summed E-state index contributed by atoms with van der Waals surface area (Å²) < 4.78 is 7.07. The quantitative estimate of drug-likeness (QED) is 0.839. The fourth-order valence-electron chi connectivity index (χ4n) is 1.64. The molecule has 0 fully saturated rings. The van der Waals surface area contributed by atoms with Gasteiger partial charge in [0.2, 0.25) is 0 Å². The van der Waals surface area contributed by atoms with Crippen molar-refractivity contribution in [1.82, 2.24) is 9.55 Å². The lowest BCUT2D eigenvalue weighted by Crippen LogP contribution is -2.20. The molecule has 0 atom stereocenters. The number of hydrogen-bond donors (Lipinski definition) is 1. The smallest absolute Gasteiger partial charge is 0.313 e. The summed E-state index contributed by atoms with van der Waals surface area (Å²) in [6.07, 6.45) is 3.18. The number of ether oxygens (including phenoxy) is 1. The van der Waals surface area contributed by atoms with Gasteiger partial charge in [0.15, 0.2) is 0 Å². The number of nitrogens with two attached hydrogens (primary N) is 1. The number of benzene rings is 1. The summed E-state index contributed by atoms with van der Waals surface area (Å²) in [5, 5.41) is 0. The molecule has 2 aromatic rings. The van der Waals surface area contributed by atoms with Crippen molar-refractivity contribution in [2.75, 3.05) is 5.73 Å². The van der Waals surface area contributed by atoms with Gasteiger partial charge < -0.3 is 15.0 Å². The lowest BCUT2D eigenvalue weighted by Gasteiger charge is -2.09. The highest BCUT2D eigenvalue weighted by Crippen LogP contribution is 2.23. The average Bonchev–Trinajstić information content (AvgIpc) is 2.35. The molecule has 0 aliphatic heterocycles. The maximum absolute atomic E-state index is 11.9. The Morgan fingerprint density at radius 1 is 1.44 bits per heavy atom. The van der Waals surface area contributed by atoms with Gasteiger partial charge in [-0.05, 0) is 37.6 Å². The predicted molar refractivity (Wildman–Crippen MR) is 69.8 cm³/mol. The minimum Gasteiger partial charge on any atom is -0.434 e. The highest BCUT2D eigenvalue weighted by molar-refractivity contribution is 5.47. The highest BCUT2D eigenvalue weighted by Gasteiger charge is 2.08. The molecule has 1 aromatic heterocycles. The first-order valence-corrected chi connectivity index (χ1v) is 5.71. The van der Waals surface area contributed by atoms with Gasteiger partial charge in [-0.25, -0.2) is 4.98 Å². The number of nitrogens with zero attached hydrogens (tertiary/aromatic N) is 2. The Morgan fingerprint density at radius 2 is 2.22 bits per heavy atom. The van der Waals surface area contributed by atoms with Gasteiger partial charge in [0.25, 0.3) is 5.88 Å². The van der Waals surface area contributed by atoms with Gasteiger partial charge in [-0.1, -0.05) is 0 Å². The standard InChI is InChI=1S/C13H15N3O2/c1-3-16-7-6-15-12(13(16)17)18-11-5-4-10(14)8-9(11)2/h4-8H,3,14H2,1-2H3. The second-order valence-electron chi connectivity index (χ2n) is 3.95. The molecular weight excluding hydrogens is 230 g/mol. The van der Waals surface area contributed by atoms with Crippen molar-refractivity contribution < 1.29 is 4.74 Å². The van der Waals surface area contributed by atoms with Crippen LogP contribution in [0, 0.1) is 6.92 Å². The normalized spacial score (nSPS) is 10.3. The van der Waals surface area contributed by atoms with Gasteiger partial charge in [0, 0.05) is 24.6 Å². The highest BCUT2D eigenvalue weighted by atomic mass is 16.5. The van der Waals surface area contributed by atoms with Crippen molar-refractivity contribution in [3.8, 4) is 11.6 Å². The molecule has 0 unspecified atom stereocenters. The van der Waals surface area contributed by atoms with Crippen molar-refractivity contribution in [3.63, 3.8) is 0 Å². The third kappa shape index (κ3) is 2.34. The van der Waals surface area contributed by atoms with E-state index in [9.17, 15) is 4.79 Å². The molecule has 0 aliphatic rings. The van der Waals surface area contributed by atoms with Crippen molar-refractivity contribution in [2.45, 2.75) is 20.4 Å². The van der Waals surface area contributed by atoms with Crippen molar-refractivity contribution in [1.29, 1.82) is 0 Å². The van der Waals surface area contributed by atoms with Crippen LogP contribution in [0.1, 0.15) is 12.5 Å². The average molecular weight is 245 g/mol. The Kier molecular flexibility index (Phi) is 3.32. The molecule has 0 radical (unpaired) electrons. The van der Waals surface area contributed by atoms with Gasteiger partial charge in [-0.2, -0.15) is 0 Å². The molecule has 0 saturated heterocycles. The topological polar surface area (TPSA) is 70.1 Å². The van der Waals surface area contributed by atoms with E-state index >= 15 is 0 Å². The van der Waals surface area contributed by atoms with Gasteiger partial charge in [0.05, 0.1) is 0 Å². The molecule has 2 rings (SSSR count). The first-order valence-electron chi connectivity index (χ1n) is 5.71. The van der Waals surface area contributed by atoms with E-state index < -0.39 is 0 Å². The zero-order valence-electron chi connectivity index (χ0n) is 10.4. The fourth-order valence-corrected chi connectivity index (χ4v) is 1.64. The number of nitrogen functional groups attached to an aromatic ring is 1. The van der Waals surface area contributed by atoms with E-state index in [0.717, 1.165) is 5.56 Å². The number of anilines is 1. The molecule has 0 bridgehead atoms. The summed E-state index contributed by atoms with van der Waals surface area (Å²) in [5.74, 6) is 0.662. The number of rotatable bonds is 3. The third-order valence-electron chi connectivity index (χ3n) is 2.63. The van der Waals surface area contributed by atoms with E-state index in [-0.39, 0.29) is 11.4 Å². The first-order chi connectivity index (χ1) is 8.61. The molecule has 5 nitrogen and oxygen atoms in total. The van der Waals surface area contributed by atoms with Gasteiger partial charge in [0.1, 0.15) is 5.75 Å². The van der Waals surface area contributed by atoms with E-state index in [1.165, 1.54) is 4.57 Å².